The average molecular weight is 315 g/mol. The second-order valence-corrected chi connectivity index (χ2v) is 6.26. The minimum absolute atomic E-state index is 0.140. The summed E-state index contributed by atoms with van der Waals surface area (Å²) in [6.45, 7) is 2.97. The van der Waals surface area contributed by atoms with Crippen molar-refractivity contribution in [2.45, 2.75) is 25.9 Å². The van der Waals surface area contributed by atoms with Crippen molar-refractivity contribution in [3.05, 3.63) is 38.8 Å². The molecule has 17 heavy (non-hydrogen) atoms. The topological polar surface area (TPSA) is 55.9 Å². The number of nitrogens with one attached hydrogen (secondary N) is 1. The molecule has 2 aromatic heterocycles. The van der Waals surface area contributed by atoms with Gasteiger partial charge in [0.1, 0.15) is 0 Å². The summed E-state index contributed by atoms with van der Waals surface area (Å²) < 4.78 is 3.05. The smallest absolute Gasteiger partial charge is 0.0702 e. The van der Waals surface area contributed by atoms with Crippen LogP contribution < -0.4 is 11.3 Å². The van der Waals surface area contributed by atoms with Gasteiger partial charge in [-0.3, -0.25) is 16.0 Å². The lowest BCUT2D eigenvalue weighted by atomic mass is 10.1. The summed E-state index contributed by atoms with van der Waals surface area (Å²) >= 11 is 5.16. The van der Waals surface area contributed by atoms with Gasteiger partial charge in [0.15, 0.2) is 0 Å². The van der Waals surface area contributed by atoms with Crippen LogP contribution >= 0.6 is 27.3 Å². The summed E-state index contributed by atoms with van der Waals surface area (Å²) in [6.07, 6.45) is 4.81. The van der Waals surface area contributed by atoms with E-state index in [-0.39, 0.29) is 6.04 Å². The van der Waals surface area contributed by atoms with Crippen LogP contribution in [-0.2, 0) is 13.0 Å². The van der Waals surface area contributed by atoms with Crippen LogP contribution in [-0.4, -0.2) is 9.78 Å². The number of hydrogen-bond donors (Lipinski definition) is 2. The summed E-state index contributed by atoms with van der Waals surface area (Å²) in [5.41, 5.74) is 4.05. The minimum atomic E-state index is 0.140. The Kier molecular flexibility index (Phi) is 4.33. The number of halogens is 1. The van der Waals surface area contributed by atoms with Crippen molar-refractivity contribution in [1.29, 1.82) is 0 Å². The molecule has 0 aliphatic heterocycles. The van der Waals surface area contributed by atoms with Crippen molar-refractivity contribution in [2.75, 3.05) is 0 Å². The van der Waals surface area contributed by atoms with Gasteiger partial charge in [0.25, 0.3) is 0 Å². The third-order valence-electron chi connectivity index (χ3n) is 2.59. The molecule has 0 saturated heterocycles. The van der Waals surface area contributed by atoms with E-state index in [1.165, 1.54) is 10.4 Å². The minimum Gasteiger partial charge on any atom is -0.273 e. The summed E-state index contributed by atoms with van der Waals surface area (Å²) in [4.78, 5) is 1.23. The number of rotatable bonds is 5. The van der Waals surface area contributed by atoms with E-state index in [1.807, 2.05) is 16.9 Å². The lowest BCUT2D eigenvalue weighted by Gasteiger charge is -2.12. The molecule has 0 aromatic carbocycles. The number of hydrazine groups is 1. The molecule has 0 aliphatic carbocycles. The highest BCUT2D eigenvalue weighted by Gasteiger charge is 2.13. The lowest BCUT2D eigenvalue weighted by molar-refractivity contribution is 0.560. The third kappa shape index (κ3) is 3.16. The lowest BCUT2D eigenvalue weighted by Crippen LogP contribution is -2.28. The molecule has 0 amide bonds. The van der Waals surface area contributed by atoms with Crippen molar-refractivity contribution in [2.24, 2.45) is 5.84 Å². The van der Waals surface area contributed by atoms with Gasteiger partial charge in [-0.25, -0.2) is 0 Å². The molecule has 4 nitrogen and oxygen atoms in total. The van der Waals surface area contributed by atoms with Crippen molar-refractivity contribution in [1.82, 2.24) is 15.2 Å². The van der Waals surface area contributed by atoms with E-state index in [0.29, 0.717) is 0 Å². The Morgan fingerprint density at radius 3 is 2.94 bits per heavy atom. The van der Waals surface area contributed by atoms with Crippen molar-refractivity contribution in [3.63, 3.8) is 0 Å². The zero-order chi connectivity index (χ0) is 12.3. The fraction of sp³-hybridized carbons (Fsp3) is 0.364. The standard InChI is InChI=1S/C11H15BrN4S/c1-2-16-7-8(6-14-16)5-9(15-13)10-3-4-11(12)17-10/h3-4,6-7,9,15H,2,5,13H2,1H3. The summed E-state index contributed by atoms with van der Waals surface area (Å²) in [6, 6.07) is 4.27. The van der Waals surface area contributed by atoms with E-state index < -0.39 is 0 Å². The number of aryl methyl sites for hydroxylation is 1. The highest BCUT2D eigenvalue weighted by Crippen LogP contribution is 2.28. The Bertz CT molecular complexity index is 479. The molecule has 6 heteroatoms. The van der Waals surface area contributed by atoms with Gasteiger partial charge in [-0.15, -0.1) is 11.3 Å². The molecule has 92 valence electrons. The van der Waals surface area contributed by atoms with E-state index in [9.17, 15) is 0 Å². The first-order valence-corrected chi connectivity index (χ1v) is 7.06. The Morgan fingerprint density at radius 1 is 1.59 bits per heavy atom. The normalized spacial score (nSPS) is 12.9. The molecule has 0 saturated carbocycles. The molecule has 0 aliphatic rings. The Hall–Kier alpha value is -0.690. The molecule has 2 rings (SSSR count). The average Bonchev–Trinajstić information content (AvgIpc) is 2.94. The zero-order valence-corrected chi connectivity index (χ0v) is 12.0. The summed E-state index contributed by atoms with van der Waals surface area (Å²) in [7, 11) is 0. The first-order chi connectivity index (χ1) is 8.22. The van der Waals surface area contributed by atoms with Crippen LogP contribution in [0.1, 0.15) is 23.4 Å². The zero-order valence-electron chi connectivity index (χ0n) is 9.56. The van der Waals surface area contributed by atoms with Crippen molar-refractivity contribution in [3.8, 4) is 0 Å². The SMILES string of the molecule is CCn1cc(CC(NN)c2ccc(Br)s2)cn1. The van der Waals surface area contributed by atoms with Gasteiger partial charge < -0.3 is 0 Å². The van der Waals surface area contributed by atoms with Crippen LogP contribution in [0.2, 0.25) is 0 Å². The molecular formula is C11H15BrN4S. The first-order valence-electron chi connectivity index (χ1n) is 5.45. The summed E-state index contributed by atoms with van der Waals surface area (Å²) in [5.74, 6) is 5.62. The van der Waals surface area contributed by atoms with Crippen LogP contribution in [0, 0.1) is 0 Å². The van der Waals surface area contributed by atoms with Gasteiger partial charge in [0, 0.05) is 17.6 Å². The van der Waals surface area contributed by atoms with Gasteiger partial charge in [-0.2, -0.15) is 5.10 Å². The fourth-order valence-electron chi connectivity index (χ4n) is 1.68. The van der Waals surface area contributed by atoms with Crippen molar-refractivity contribution < 1.29 is 0 Å². The molecule has 0 radical (unpaired) electrons. The van der Waals surface area contributed by atoms with Crippen LogP contribution in [0.4, 0.5) is 0 Å². The number of thiophene rings is 1. The first kappa shape index (κ1) is 12.8. The third-order valence-corrected chi connectivity index (χ3v) is 4.33. The van der Waals surface area contributed by atoms with E-state index >= 15 is 0 Å². The van der Waals surface area contributed by atoms with E-state index in [1.54, 1.807) is 11.3 Å². The second-order valence-electron chi connectivity index (χ2n) is 3.77. The van der Waals surface area contributed by atoms with Crippen LogP contribution in [0.15, 0.2) is 28.3 Å². The second kappa shape index (κ2) is 5.77. The molecule has 1 atom stereocenters. The number of aromatic nitrogens is 2. The summed E-state index contributed by atoms with van der Waals surface area (Å²) in [5, 5.41) is 4.26. The van der Waals surface area contributed by atoms with Gasteiger partial charge in [-0.1, -0.05) is 0 Å². The van der Waals surface area contributed by atoms with Crippen molar-refractivity contribution >= 4 is 27.3 Å². The highest BCUT2D eigenvalue weighted by atomic mass is 79.9. The van der Waals surface area contributed by atoms with E-state index in [4.69, 9.17) is 5.84 Å². The molecule has 1 unspecified atom stereocenters. The van der Waals surface area contributed by atoms with E-state index in [2.05, 4.69) is 45.6 Å². The monoisotopic (exact) mass is 314 g/mol. The maximum Gasteiger partial charge on any atom is 0.0702 e. The Labute approximate surface area is 113 Å². The van der Waals surface area contributed by atoms with Gasteiger partial charge >= 0.3 is 0 Å². The van der Waals surface area contributed by atoms with Gasteiger partial charge in [-0.05, 0) is 47.0 Å². The maximum atomic E-state index is 5.62. The van der Waals surface area contributed by atoms with Crippen LogP contribution in [0.5, 0.6) is 0 Å². The number of nitrogens with two attached hydrogens (primary N) is 1. The van der Waals surface area contributed by atoms with Gasteiger partial charge in [0.2, 0.25) is 0 Å². The van der Waals surface area contributed by atoms with E-state index in [0.717, 1.165) is 16.8 Å². The number of hydrogen-bond acceptors (Lipinski definition) is 4. The molecule has 2 aromatic rings. The maximum absolute atomic E-state index is 5.62. The number of nitrogens with zero attached hydrogens (tertiary/aromatic N) is 2. The molecule has 0 bridgehead atoms. The Balaban J connectivity index is 2.09. The molecule has 0 spiro atoms. The molecule has 3 N–H and O–H groups in total. The highest BCUT2D eigenvalue weighted by molar-refractivity contribution is 9.11. The largest absolute Gasteiger partial charge is 0.273 e. The van der Waals surface area contributed by atoms with Crippen LogP contribution in [0.3, 0.4) is 0 Å². The predicted octanol–water partition coefficient (Wildman–Crippen LogP) is 2.47. The van der Waals surface area contributed by atoms with Gasteiger partial charge in [0.05, 0.1) is 16.0 Å². The Morgan fingerprint density at radius 2 is 2.41 bits per heavy atom. The molecule has 2 heterocycles. The van der Waals surface area contributed by atoms with Crippen LogP contribution in [0.25, 0.3) is 0 Å². The predicted molar refractivity (Wildman–Crippen MR) is 73.7 cm³/mol. The molecular weight excluding hydrogens is 300 g/mol. The quantitative estimate of drug-likeness (QED) is 0.658. The fourth-order valence-corrected chi connectivity index (χ4v) is 3.16. The molecule has 0 fully saturated rings.